The average molecular weight is 372 g/mol. The van der Waals surface area contributed by atoms with E-state index in [1.54, 1.807) is 6.07 Å². The van der Waals surface area contributed by atoms with Crippen molar-refractivity contribution in [3.05, 3.63) is 70.6 Å². The predicted octanol–water partition coefficient (Wildman–Crippen LogP) is 3.86. The van der Waals surface area contributed by atoms with Crippen molar-refractivity contribution in [3.8, 4) is 5.75 Å². The zero-order valence-electron chi connectivity index (χ0n) is 13.9. The number of para-hydroxylation sites is 1. The maximum absolute atomic E-state index is 13.0. The van der Waals surface area contributed by atoms with Crippen molar-refractivity contribution in [1.29, 1.82) is 0 Å². The molecule has 0 aliphatic heterocycles. The summed E-state index contributed by atoms with van der Waals surface area (Å²) in [5.41, 5.74) is 4.75. The number of carbonyl (C=O) groups excluding carboxylic acids is 1. The number of amides is 1. The molecule has 0 atom stereocenters. The summed E-state index contributed by atoms with van der Waals surface area (Å²) in [6.07, 6.45) is 1.41. The van der Waals surface area contributed by atoms with Gasteiger partial charge in [0.15, 0.2) is 6.61 Å². The van der Waals surface area contributed by atoms with E-state index in [0.717, 1.165) is 16.5 Å². The first-order chi connectivity index (χ1) is 12.5. The van der Waals surface area contributed by atoms with Crippen molar-refractivity contribution in [2.45, 2.75) is 6.92 Å². The largest absolute Gasteiger partial charge is 0.484 e. The topological polar surface area (TPSA) is 63.6 Å². The monoisotopic (exact) mass is 371 g/mol. The molecule has 26 heavy (non-hydrogen) atoms. The summed E-state index contributed by atoms with van der Waals surface area (Å²) < 4.78 is 18.2. The van der Waals surface area contributed by atoms with Gasteiger partial charge in [-0.3, -0.25) is 4.79 Å². The minimum absolute atomic E-state index is 0.265. The van der Waals surface area contributed by atoms with Crippen molar-refractivity contribution in [1.82, 2.24) is 10.4 Å². The fourth-order valence-electron chi connectivity index (χ4n) is 2.34. The number of fused-ring (bicyclic) bond motifs is 1. The zero-order chi connectivity index (χ0) is 18.5. The standard InChI is InChI=1S/C19H15ClFN3O2/c1-12-4-2-5-13-8-14(19(20)23-18(12)13)10-22-24-17(25)11-26-16-7-3-6-15(21)9-16/h2-10H,11H2,1H3,(H,24,25)/b22-10-. The molecular formula is C19H15ClFN3O2. The number of ether oxygens (including phenoxy) is 1. The molecule has 0 saturated carbocycles. The lowest BCUT2D eigenvalue weighted by molar-refractivity contribution is -0.123. The smallest absolute Gasteiger partial charge is 0.277 e. The summed E-state index contributed by atoms with van der Waals surface area (Å²) in [5, 5.41) is 5.08. The molecule has 3 rings (SSSR count). The van der Waals surface area contributed by atoms with Crippen LogP contribution in [0.4, 0.5) is 4.39 Å². The molecule has 1 amide bonds. The lowest BCUT2D eigenvalue weighted by atomic mass is 10.1. The Balaban J connectivity index is 1.62. The molecule has 1 heterocycles. The van der Waals surface area contributed by atoms with Crippen molar-refractivity contribution in [3.63, 3.8) is 0 Å². The fraction of sp³-hybridized carbons (Fsp3) is 0.105. The van der Waals surface area contributed by atoms with Gasteiger partial charge in [-0.15, -0.1) is 0 Å². The van der Waals surface area contributed by atoms with Gasteiger partial charge in [0.2, 0.25) is 0 Å². The van der Waals surface area contributed by atoms with E-state index in [-0.39, 0.29) is 12.4 Å². The number of hydrazone groups is 1. The van der Waals surface area contributed by atoms with Crippen LogP contribution < -0.4 is 10.2 Å². The van der Waals surface area contributed by atoms with Gasteiger partial charge in [0.05, 0.1) is 11.7 Å². The predicted molar refractivity (Wildman–Crippen MR) is 99.1 cm³/mol. The third kappa shape index (κ3) is 4.34. The van der Waals surface area contributed by atoms with E-state index in [9.17, 15) is 9.18 Å². The van der Waals surface area contributed by atoms with Crippen LogP contribution in [-0.4, -0.2) is 23.7 Å². The summed E-state index contributed by atoms with van der Waals surface area (Å²) in [6, 6.07) is 13.2. The van der Waals surface area contributed by atoms with Crippen LogP contribution in [-0.2, 0) is 4.79 Å². The molecule has 0 unspecified atom stereocenters. The lowest BCUT2D eigenvalue weighted by Crippen LogP contribution is -2.24. The Labute approximate surface area is 154 Å². The van der Waals surface area contributed by atoms with Crippen LogP contribution >= 0.6 is 11.6 Å². The molecule has 0 spiro atoms. The highest BCUT2D eigenvalue weighted by atomic mass is 35.5. The summed E-state index contributed by atoms with van der Waals surface area (Å²) >= 11 is 6.17. The third-order valence-corrected chi connectivity index (χ3v) is 3.89. The molecule has 2 aromatic carbocycles. The van der Waals surface area contributed by atoms with Gasteiger partial charge in [-0.2, -0.15) is 5.10 Å². The Morgan fingerprint density at radius 3 is 2.92 bits per heavy atom. The SMILES string of the molecule is Cc1cccc2cc(/C=N\NC(=O)COc3cccc(F)c3)c(Cl)nc12. The van der Waals surface area contributed by atoms with Gasteiger partial charge in [0, 0.05) is 17.0 Å². The number of rotatable bonds is 5. The van der Waals surface area contributed by atoms with Crippen LogP contribution in [0.2, 0.25) is 5.15 Å². The molecule has 5 nitrogen and oxygen atoms in total. The zero-order valence-corrected chi connectivity index (χ0v) is 14.6. The Kier molecular flexibility index (Phi) is 5.43. The number of carbonyl (C=O) groups is 1. The highest BCUT2D eigenvalue weighted by molar-refractivity contribution is 6.32. The molecule has 0 aliphatic carbocycles. The van der Waals surface area contributed by atoms with E-state index >= 15 is 0 Å². The number of nitrogens with zero attached hydrogens (tertiary/aromatic N) is 2. The molecule has 3 aromatic rings. The second-order valence-corrected chi connectivity index (χ2v) is 5.91. The Hall–Kier alpha value is -2.99. The Bertz CT molecular complexity index is 992. The number of halogens is 2. The van der Waals surface area contributed by atoms with E-state index in [2.05, 4.69) is 15.5 Å². The van der Waals surface area contributed by atoms with E-state index in [4.69, 9.17) is 16.3 Å². The highest BCUT2D eigenvalue weighted by Gasteiger charge is 2.06. The van der Waals surface area contributed by atoms with Crippen molar-refractivity contribution < 1.29 is 13.9 Å². The van der Waals surface area contributed by atoms with Gasteiger partial charge in [-0.25, -0.2) is 14.8 Å². The summed E-state index contributed by atoms with van der Waals surface area (Å²) in [7, 11) is 0. The quantitative estimate of drug-likeness (QED) is 0.421. The molecule has 7 heteroatoms. The molecule has 0 saturated heterocycles. The Morgan fingerprint density at radius 2 is 2.12 bits per heavy atom. The number of hydrogen-bond acceptors (Lipinski definition) is 4. The third-order valence-electron chi connectivity index (χ3n) is 3.59. The first-order valence-corrected chi connectivity index (χ1v) is 8.17. The van der Waals surface area contributed by atoms with Gasteiger partial charge in [0.25, 0.3) is 5.91 Å². The van der Waals surface area contributed by atoms with Crippen molar-refractivity contribution in [2.24, 2.45) is 5.10 Å². The van der Waals surface area contributed by atoms with Crippen molar-refractivity contribution in [2.75, 3.05) is 6.61 Å². The van der Waals surface area contributed by atoms with Crippen LogP contribution in [0.15, 0.2) is 53.6 Å². The molecule has 1 N–H and O–H groups in total. The fourth-order valence-corrected chi connectivity index (χ4v) is 2.53. The van der Waals surface area contributed by atoms with E-state index in [0.29, 0.717) is 10.7 Å². The molecule has 0 aliphatic rings. The van der Waals surface area contributed by atoms with Crippen LogP contribution in [0, 0.1) is 12.7 Å². The number of hydrogen-bond donors (Lipinski definition) is 1. The van der Waals surface area contributed by atoms with Gasteiger partial charge in [-0.1, -0.05) is 35.9 Å². The maximum atomic E-state index is 13.0. The number of pyridine rings is 1. The van der Waals surface area contributed by atoms with Crippen molar-refractivity contribution >= 4 is 34.6 Å². The molecule has 0 fully saturated rings. The van der Waals surface area contributed by atoms with Crippen LogP contribution in [0.3, 0.4) is 0 Å². The lowest BCUT2D eigenvalue weighted by Gasteiger charge is -2.05. The van der Waals surface area contributed by atoms with Crippen LogP contribution in [0.25, 0.3) is 10.9 Å². The number of aryl methyl sites for hydroxylation is 1. The van der Waals surface area contributed by atoms with Gasteiger partial charge in [-0.05, 0) is 30.7 Å². The van der Waals surface area contributed by atoms with Gasteiger partial charge < -0.3 is 4.74 Å². The van der Waals surface area contributed by atoms with Crippen LogP contribution in [0.5, 0.6) is 5.75 Å². The van der Waals surface area contributed by atoms with E-state index in [1.807, 2.05) is 31.2 Å². The first-order valence-electron chi connectivity index (χ1n) is 7.79. The number of aromatic nitrogens is 1. The molecule has 0 bridgehead atoms. The summed E-state index contributed by atoms with van der Waals surface area (Å²) in [6.45, 7) is 1.67. The maximum Gasteiger partial charge on any atom is 0.277 e. The summed E-state index contributed by atoms with van der Waals surface area (Å²) in [4.78, 5) is 16.1. The molecular weight excluding hydrogens is 357 g/mol. The second kappa shape index (κ2) is 7.93. The Morgan fingerprint density at radius 1 is 1.31 bits per heavy atom. The van der Waals surface area contributed by atoms with Crippen LogP contribution in [0.1, 0.15) is 11.1 Å². The minimum Gasteiger partial charge on any atom is -0.484 e. The summed E-state index contributed by atoms with van der Waals surface area (Å²) in [5.74, 6) is -0.651. The average Bonchev–Trinajstić information content (AvgIpc) is 2.61. The van der Waals surface area contributed by atoms with Gasteiger partial charge >= 0.3 is 0 Å². The van der Waals surface area contributed by atoms with Gasteiger partial charge in [0.1, 0.15) is 16.7 Å². The van der Waals surface area contributed by atoms with E-state index < -0.39 is 11.7 Å². The molecule has 132 valence electrons. The number of nitrogens with one attached hydrogen (secondary N) is 1. The second-order valence-electron chi connectivity index (χ2n) is 5.55. The first kappa shape index (κ1) is 17.8. The normalized spacial score (nSPS) is 11.0. The molecule has 0 radical (unpaired) electrons. The minimum atomic E-state index is -0.480. The van der Waals surface area contributed by atoms with E-state index in [1.165, 1.54) is 24.4 Å². The number of benzene rings is 2. The molecule has 1 aromatic heterocycles. The highest BCUT2D eigenvalue weighted by Crippen LogP contribution is 2.21.